The molecular formula is C35H53N3O17S. The van der Waals surface area contributed by atoms with Crippen molar-refractivity contribution in [2.75, 3.05) is 27.3 Å². The van der Waals surface area contributed by atoms with Crippen LogP contribution in [0, 0.1) is 0 Å². The lowest BCUT2D eigenvalue weighted by atomic mass is 9.89. The summed E-state index contributed by atoms with van der Waals surface area (Å²) in [5, 5.41) is 6.44. The summed E-state index contributed by atoms with van der Waals surface area (Å²) in [5.74, 6) is -5.78. The number of hydrogen-bond acceptors (Lipinski definition) is 19. The zero-order valence-electron chi connectivity index (χ0n) is 33.0. The molecule has 2 aliphatic heterocycles. The number of carbonyl (C=O) groups is 7. The van der Waals surface area contributed by atoms with Crippen LogP contribution in [0.4, 0.5) is 0 Å². The van der Waals surface area contributed by atoms with E-state index in [1.165, 1.54) is 0 Å². The van der Waals surface area contributed by atoms with Crippen molar-refractivity contribution in [3.63, 3.8) is 0 Å². The molecule has 0 aromatic rings. The average molecular weight is 820 g/mol. The Labute approximate surface area is 330 Å². The molecular weight excluding hydrogens is 766 g/mol. The standard InChI is InChI=1S/C35H53N3O17S/c1-16(39)46-14-25-28(55-34-32(52-22(7)45)30(50-20(5)43)27(48-18(3)41)26(54-34)15-47-17(2)40)29(49-19(4)42)31(51-21(6)44)33(53-25)37-35(56)36-23-12-10-11-13-24(23)38(8)9/h23-34H,10-15H2,1-9H3,(H2,36,37,56)/t23-,24-,25?,26?,27+,28+,29?,30?,31?,32?,33+,34+/m0/s1. The summed E-state index contributed by atoms with van der Waals surface area (Å²) in [5.41, 5.74) is 0. The Balaban J connectivity index is 2.11. The number of esters is 7. The predicted octanol–water partition coefficient (Wildman–Crippen LogP) is -0.0570. The summed E-state index contributed by atoms with van der Waals surface area (Å²) in [6, 6.07) is 0.110. The Morgan fingerprint density at radius 2 is 1.02 bits per heavy atom. The van der Waals surface area contributed by atoms with Crippen molar-refractivity contribution in [1.29, 1.82) is 0 Å². The highest BCUT2D eigenvalue weighted by Crippen LogP contribution is 2.35. The molecule has 0 bridgehead atoms. The van der Waals surface area contributed by atoms with Crippen LogP contribution in [0.25, 0.3) is 0 Å². The van der Waals surface area contributed by atoms with Gasteiger partial charge in [-0.2, -0.15) is 0 Å². The van der Waals surface area contributed by atoms with Crippen molar-refractivity contribution in [1.82, 2.24) is 15.5 Å². The molecule has 3 rings (SSSR count). The third-order valence-corrected chi connectivity index (χ3v) is 9.15. The number of ether oxygens (including phenoxy) is 10. The fourth-order valence-corrected chi connectivity index (χ4v) is 7.13. The number of nitrogens with one attached hydrogen (secondary N) is 2. The molecule has 3 aliphatic rings. The first-order chi connectivity index (χ1) is 26.3. The van der Waals surface area contributed by atoms with Crippen LogP contribution in [0.1, 0.15) is 74.1 Å². The summed E-state index contributed by atoms with van der Waals surface area (Å²) in [4.78, 5) is 88.5. The molecule has 2 N–H and O–H groups in total. The molecule has 1 saturated carbocycles. The zero-order chi connectivity index (χ0) is 41.9. The first kappa shape index (κ1) is 46.2. The largest absolute Gasteiger partial charge is 0.463 e. The molecule has 2 saturated heterocycles. The first-order valence-electron chi connectivity index (χ1n) is 18.1. The maximum atomic E-state index is 12.7. The van der Waals surface area contributed by atoms with E-state index in [0.29, 0.717) is 0 Å². The van der Waals surface area contributed by atoms with Crippen molar-refractivity contribution in [2.45, 2.75) is 148 Å². The maximum Gasteiger partial charge on any atom is 0.303 e. The van der Waals surface area contributed by atoms with Crippen LogP contribution in [-0.2, 0) is 80.9 Å². The minimum Gasteiger partial charge on any atom is -0.463 e. The van der Waals surface area contributed by atoms with E-state index in [4.69, 9.17) is 59.6 Å². The van der Waals surface area contributed by atoms with Crippen molar-refractivity contribution in [2.24, 2.45) is 0 Å². The molecule has 0 spiro atoms. The fraction of sp³-hybridized carbons (Fsp3) is 0.771. The van der Waals surface area contributed by atoms with Gasteiger partial charge in [0, 0.05) is 60.5 Å². The monoisotopic (exact) mass is 819 g/mol. The van der Waals surface area contributed by atoms with Gasteiger partial charge in [0.25, 0.3) is 0 Å². The summed E-state index contributed by atoms with van der Waals surface area (Å²) in [7, 11) is 3.94. The number of hydrogen-bond donors (Lipinski definition) is 2. The van der Waals surface area contributed by atoms with Crippen LogP contribution in [0.2, 0.25) is 0 Å². The van der Waals surface area contributed by atoms with E-state index in [2.05, 4.69) is 15.5 Å². The smallest absolute Gasteiger partial charge is 0.303 e. The lowest BCUT2D eigenvalue weighted by Crippen LogP contribution is -2.69. The van der Waals surface area contributed by atoms with Gasteiger partial charge in [-0.3, -0.25) is 33.6 Å². The minimum absolute atomic E-state index is 0.0470. The lowest BCUT2D eigenvalue weighted by Gasteiger charge is -2.49. The van der Waals surface area contributed by atoms with Crippen LogP contribution < -0.4 is 10.6 Å². The van der Waals surface area contributed by atoms with E-state index >= 15 is 0 Å². The van der Waals surface area contributed by atoms with E-state index in [9.17, 15) is 33.6 Å². The molecule has 0 amide bonds. The van der Waals surface area contributed by atoms with Crippen molar-refractivity contribution >= 4 is 59.1 Å². The highest BCUT2D eigenvalue weighted by molar-refractivity contribution is 7.80. The second-order valence-corrected chi connectivity index (χ2v) is 14.2. The van der Waals surface area contributed by atoms with Gasteiger partial charge < -0.3 is 62.9 Å². The van der Waals surface area contributed by atoms with Crippen LogP contribution in [0.3, 0.4) is 0 Å². The molecule has 3 fully saturated rings. The number of carbonyl (C=O) groups excluding carboxylic acids is 7. The van der Waals surface area contributed by atoms with Gasteiger partial charge in [-0.1, -0.05) is 12.8 Å². The summed E-state index contributed by atoms with van der Waals surface area (Å²) < 4.78 is 57.2. The van der Waals surface area contributed by atoms with Gasteiger partial charge in [0.1, 0.15) is 31.5 Å². The van der Waals surface area contributed by atoms with Gasteiger partial charge in [0.2, 0.25) is 0 Å². The highest BCUT2D eigenvalue weighted by Gasteiger charge is 2.57. The van der Waals surface area contributed by atoms with Crippen LogP contribution >= 0.6 is 12.2 Å². The average Bonchev–Trinajstić information content (AvgIpc) is 3.07. The van der Waals surface area contributed by atoms with Gasteiger partial charge in [-0.05, 0) is 39.2 Å². The van der Waals surface area contributed by atoms with Gasteiger partial charge in [-0.15, -0.1) is 0 Å². The second kappa shape index (κ2) is 21.4. The van der Waals surface area contributed by atoms with Gasteiger partial charge in [-0.25, -0.2) is 0 Å². The SMILES string of the molecule is CC(=O)OCC1O[C@H](O[C@@H]2C(COC(C)=O)O[C@@H](NC(=S)N[C@H]3CCCC[C@@H]3N(C)C)C(OC(C)=O)C2OC(C)=O)C(OC(C)=O)C(OC(C)=O)[C@@H]1OC(C)=O. The third-order valence-electron chi connectivity index (χ3n) is 8.91. The molecule has 316 valence electrons. The van der Waals surface area contributed by atoms with Crippen molar-refractivity contribution in [3.05, 3.63) is 0 Å². The van der Waals surface area contributed by atoms with Crippen LogP contribution in [0.5, 0.6) is 0 Å². The Morgan fingerprint density at radius 1 is 0.571 bits per heavy atom. The predicted molar refractivity (Wildman–Crippen MR) is 192 cm³/mol. The molecule has 0 aromatic heterocycles. The highest BCUT2D eigenvalue weighted by atomic mass is 32.1. The third kappa shape index (κ3) is 13.8. The van der Waals surface area contributed by atoms with Crippen molar-refractivity contribution < 1.29 is 80.9 Å². The number of likely N-dealkylation sites (N-methyl/N-ethyl adjacent to an activating group) is 1. The van der Waals surface area contributed by atoms with Crippen LogP contribution in [-0.4, -0.2) is 153 Å². The van der Waals surface area contributed by atoms with E-state index in [-0.39, 0.29) is 17.2 Å². The molecule has 2 heterocycles. The molecule has 12 atom stereocenters. The molecule has 6 unspecified atom stereocenters. The Hall–Kier alpha value is -4.18. The van der Waals surface area contributed by atoms with E-state index in [1.54, 1.807) is 0 Å². The lowest BCUT2D eigenvalue weighted by molar-refractivity contribution is -0.345. The summed E-state index contributed by atoms with van der Waals surface area (Å²) in [6.07, 6.45) is -11.6. The van der Waals surface area contributed by atoms with Crippen LogP contribution in [0.15, 0.2) is 0 Å². The Morgan fingerprint density at radius 3 is 1.52 bits per heavy atom. The van der Waals surface area contributed by atoms with Gasteiger partial charge in [0.05, 0.1) is 0 Å². The topological polar surface area (TPSA) is 239 Å². The molecule has 56 heavy (non-hydrogen) atoms. The second-order valence-electron chi connectivity index (χ2n) is 13.8. The molecule has 0 aromatic carbocycles. The normalized spacial score (nSPS) is 31.5. The molecule has 20 nitrogen and oxygen atoms in total. The summed E-state index contributed by atoms with van der Waals surface area (Å²) >= 11 is 5.69. The number of thiocarbonyl (C=S) groups is 1. The van der Waals surface area contributed by atoms with E-state index in [0.717, 1.165) is 74.1 Å². The fourth-order valence-electron chi connectivity index (χ4n) is 6.87. The van der Waals surface area contributed by atoms with E-state index < -0.39 is 116 Å². The number of rotatable bonds is 14. The number of nitrogens with zero attached hydrogens (tertiary/aromatic N) is 1. The van der Waals surface area contributed by atoms with Gasteiger partial charge in [0.15, 0.2) is 48.2 Å². The Bertz CT molecular complexity index is 1450. The summed E-state index contributed by atoms with van der Waals surface area (Å²) in [6.45, 7) is 6.52. The van der Waals surface area contributed by atoms with E-state index in [1.807, 2.05) is 14.1 Å². The van der Waals surface area contributed by atoms with Gasteiger partial charge >= 0.3 is 41.8 Å². The zero-order valence-corrected chi connectivity index (χ0v) is 33.8. The molecule has 21 heteroatoms. The quantitative estimate of drug-likeness (QED) is 0.133. The molecule has 0 radical (unpaired) electrons. The maximum absolute atomic E-state index is 12.7. The minimum atomic E-state index is -1.79. The Kier molecular flexibility index (Phi) is 17.6. The van der Waals surface area contributed by atoms with Crippen molar-refractivity contribution in [3.8, 4) is 0 Å². The molecule has 1 aliphatic carbocycles. The first-order valence-corrected chi connectivity index (χ1v) is 18.5.